The standard InChI is InChI=1S/C15H21NO3/c1-5-13-12-9-15(19-4)14(18-3)8-11(12)6-7-16(13)10(2)17/h8-9,13H,5-7H2,1-4H3. The van der Waals surface area contributed by atoms with E-state index in [1.165, 1.54) is 11.1 Å². The zero-order chi connectivity index (χ0) is 14.0. The van der Waals surface area contributed by atoms with Crippen LogP contribution in [0.3, 0.4) is 0 Å². The predicted molar refractivity (Wildman–Crippen MR) is 73.7 cm³/mol. The van der Waals surface area contributed by atoms with Gasteiger partial charge in [-0.3, -0.25) is 4.79 Å². The summed E-state index contributed by atoms with van der Waals surface area (Å²) in [6, 6.07) is 4.19. The van der Waals surface area contributed by atoms with Crippen LogP contribution in [-0.2, 0) is 11.2 Å². The van der Waals surface area contributed by atoms with Gasteiger partial charge in [-0.05, 0) is 36.1 Å². The zero-order valence-electron chi connectivity index (χ0n) is 12.0. The minimum Gasteiger partial charge on any atom is -0.493 e. The van der Waals surface area contributed by atoms with Gasteiger partial charge in [0.05, 0.1) is 20.3 Å². The van der Waals surface area contributed by atoms with Crippen molar-refractivity contribution in [2.75, 3.05) is 20.8 Å². The SMILES string of the molecule is CCC1c2cc(OC)c(OC)cc2CCN1C(C)=O. The largest absolute Gasteiger partial charge is 0.493 e. The molecule has 0 N–H and O–H groups in total. The van der Waals surface area contributed by atoms with Crippen molar-refractivity contribution in [3.63, 3.8) is 0 Å². The molecule has 104 valence electrons. The molecule has 0 bridgehead atoms. The second-order valence-electron chi connectivity index (χ2n) is 4.79. The van der Waals surface area contributed by atoms with E-state index in [0.717, 1.165) is 30.9 Å². The van der Waals surface area contributed by atoms with Crippen molar-refractivity contribution in [1.82, 2.24) is 4.90 Å². The Balaban J connectivity index is 2.48. The number of hydrogen-bond acceptors (Lipinski definition) is 3. The highest BCUT2D eigenvalue weighted by Crippen LogP contribution is 2.39. The van der Waals surface area contributed by atoms with Gasteiger partial charge in [-0.15, -0.1) is 0 Å². The third kappa shape index (κ3) is 2.39. The summed E-state index contributed by atoms with van der Waals surface area (Å²) in [5.74, 6) is 1.62. The molecule has 0 fully saturated rings. The van der Waals surface area contributed by atoms with Crippen molar-refractivity contribution in [3.05, 3.63) is 23.3 Å². The molecule has 0 spiro atoms. The average molecular weight is 263 g/mol. The number of benzene rings is 1. The number of hydrogen-bond donors (Lipinski definition) is 0. The van der Waals surface area contributed by atoms with Gasteiger partial charge in [-0.1, -0.05) is 6.92 Å². The molecule has 0 radical (unpaired) electrons. The Morgan fingerprint density at radius 3 is 2.47 bits per heavy atom. The predicted octanol–water partition coefficient (Wildman–Crippen LogP) is 2.56. The molecule has 1 unspecified atom stereocenters. The molecule has 0 aromatic heterocycles. The van der Waals surface area contributed by atoms with E-state index >= 15 is 0 Å². The topological polar surface area (TPSA) is 38.8 Å². The number of carbonyl (C=O) groups excluding carboxylic acids is 1. The first-order valence-corrected chi connectivity index (χ1v) is 6.64. The van der Waals surface area contributed by atoms with E-state index < -0.39 is 0 Å². The molecular formula is C15H21NO3. The van der Waals surface area contributed by atoms with Crippen LogP contribution in [0.1, 0.15) is 37.4 Å². The van der Waals surface area contributed by atoms with Gasteiger partial charge in [-0.25, -0.2) is 0 Å². The fourth-order valence-corrected chi connectivity index (χ4v) is 2.85. The van der Waals surface area contributed by atoms with Crippen molar-refractivity contribution in [2.24, 2.45) is 0 Å². The smallest absolute Gasteiger partial charge is 0.219 e. The maximum Gasteiger partial charge on any atom is 0.219 e. The van der Waals surface area contributed by atoms with Crippen LogP contribution < -0.4 is 9.47 Å². The Morgan fingerprint density at radius 1 is 1.32 bits per heavy atom. The maximum atomic E-state index is 11.7. The fourth-order valence-electron chi connectivity index (χ4n) is 2.85. The zero-order valence-corrected chi connectivity index (χ0v) is 12.0. The lowest BCUT2D eigenvalue weighted by molar-refractivity contribution is -0.131. The lowest BCUT2D eigenvalue weighted by Crippen LogP contribution is -2.38. The molecule has 1 heterocycles. The minimum absolute atomic E-state index is 0.132. The molecule has 1 aliphatic rings. The highest BCUT2D eigenvalue weighted by molar-refractivity contribution is 5.74. The van der Waals surface area contributed by atoms with Crippen LogP contribution in [0.15, 0.2) is 12.1 Å². The van der Waals surface area contributed by atoms with Crippen LogP contribution in [0.5, 0.6) is 11.5 Å². The molecule has 2 rings (SSSR count). The van der Waals surface area contributed by atoms with E-state index in [0.29, 0.717) is 0 Å². The van der Waals surface area contributed by atoms with Gasteiger partial charge < -0.3 is 14.4 Å². The molecule has 19 heavy (non-hydrogen) atoms. The first-order valence-electron chi connectivity index (χ1n) is 6.64. The summed E-state index contributed by atoms with van der Waals surface area (Å²) in [6.45, 7) is 4.51. The van der Waals surface area contributed by atoms with Gasteiger partial charge in [0.15, 0.2) is 11.5 Å². The summed E-state index contributed by atoms with van der Waals surface area (Å²) in [6.07, 6.45) is 1.77. The van der Waals surface area contributed by atoms with Crippen LogP contribution in [0.25, 0.3) is 0 Å². The van der Waals surface area contributed by atoms with E-state index in [1.807, 2.05) is 17.0 Å². The molecular weight excluding hydrogens is 242 g/mol. The lowest BCUT2D eigenvalue weighted by Gasteiger charge is -2.36. The van der Waals surface area contributed by atoms with Crippen molar-refractivity contribution in [1.29, 1.82) is 0 Å². The molecule has 1 amide bonds. The maximum absolute atomic E-state index is 11.7. The Bertz CT molecular complexity index is 485. The summed E-state index contributed by atoms with van der Waals surface area (Å²) in [7, 11) is 3.28. The number of nitrogens with zero attached hydrogens (tertiary/aromatic N) is 1. The van der Waals surface area contributed by atoms with Gasteiger partial charge in [0.25, 0.3) is 0 Å². The first kappa shape index (κ1) is 13.7. The number of carbonyl (C=O) groups is 1. The third-order valence-corrected chi connectivity index (χ3v) is 3.79. The lowest BCUT2D eigenvalue weighted by atomic mass is 9.90. The molecule has 1 atom stereocenters. The van der Waals surface area contributed by atoms with Crippen LogP contribution in [0, 0.1) is 0 Å². The van der Waals surface area contributed by atoms with Crippen molar-refractivity contribution >= 4 is 5.91 Å². The van der Waals surface area contributed by atoms with Gasteiger partial charge in [-0.2, -0.15) is 0 Å². The van der Waals surface area contributed by atoms with E-state index in [-0.39, 0.29) is 11.9 Å². The molecule has 1 aromatic rings. The van der Waals surface area contributed by atoms with Gasteiger partial charge in [0.2, 0.25) is 5.91 Å². The fraction of sp³-hybridized carbons (Fsp3) is 0.533. The van der Waals surface area contributed by atoms with E-state index in [4.69, 9.17) is 9.47 Å². The summed E-state index contributed by atoms with van der Waals surface area (Å²) < 4.78 is 10.7. The molecule has 0 saturated heterocycles. The number of ether oxygens (including phenoxy) is 2. The molecule has 4 nitrogen and oxygen atoms in total. The first-order chi connectivity index (χ1) is 9.12. The van der Waals surface area contributed by atoms with Crippen molar-refractivity contribution < 1.29 is 14.3 Å². The highest BCUT2D eigenvalue weighted by Gasteiger charge is 2.29. The number of rotatable bonds is 3. The number of fused-ring (bicyclic) bond motifs is 1. The Morgan fingerprint density at radius 2 is 1.95 bits per heavy atom. The van der Waals surface area contributed by atoms with Gasteiger partial charge >= 0.3 is 0 Å². The molecule has 0 aliphatic carbocycles. The number of amides is 1. The Labute approximate surface area is 114 Å². The van der Waals surface area contributed by atoms with Crippen LogP contribution in [0.2, 0.25) is 0 Å². The quantitative estimate of drug-likeness (QED) is 0.841. The molecule has 4 heteroatoms. The van der Waals surface area contributed by atoms with Crippen LogP contribution in [-0.4, -0.2) is 31.6 Å². The third-order valence-electron chi connectivity index (χ3n) is 3.79. The van der Waals surface area contributed by atoms with E-state index in [1.54, 1.807) is 21.1 Å². The molecule has 0 saturated carbocycles. The summed E-state index contributed by atoms with van der Waals surface area (Å²) >= 11 is 0. The second kappa shape index (κ2) is 5.51. The highest BCUT2D eigenvalue weighted by atomic mass is 16.5. The second-order valence-corrected chi connectivity index (χ2v) is 4.79. The van der Waals surface area contributed by atoms with Crippen LogP contribution >= 0.6 is 0 Å². The Hall–Kier alpha value is -1.71. The Kier molecular flexibility index (Phi) is 3.98. The number of methoxy groups -OCH3 is 2. The molecule has 1 aromatic carbocycles. The summed E-state index contributed by atoms with van der Waals surface area (Å²) in [5.41, 5.74) is 2.43. The average Bonchev–Trinajstić information content (AvgIpc) is 2.43. The summed E-state index contributed by atoms with van der Waals surface area (Å²) in [5, 5.41) is 0. The summed E-state index contributed by atoms with van der Waals surface area (Å²) in [4.78, 5) is 13.7. The normalized spacial score (nSPS) is 17.9. The van der Waals surface area contributed by atoms with Gasteiger partial charge in [0.1, 0.15) is 0 Å². The monoisotopic (exact) mass is 263 g/mol. The van der Waals surface area contributed by atoms with Crippen molar-refractivity contribution in [3.8, 4) is 11.5 Å². The van der Waals surface area contributed by atoms with E-state index in [9.17, 15) is 4.79 Å². The minimum atomic E-state index is 0.132. The van der Waals surface area contributed by atoms with Crippen molar-refractivity contribution in [2.45, 2.75) is 32.7 Å². The van der Waals surface area contributed by atoms with Gasteiger partial charge in [0, 0.05) is 13.5 Å². The van der Waals surface area contributed by atoms with Crippen LogP contribution in [0.4, 0.5) is 0 Å². The molecule has 1 aliphatic heterocycles. The van der Waals surface area contributed by atoms with E-state index in [2.05, 4.69) is 6.92 Å².